The molecule has 2 rings (SSSR count). The fourth-order valence-corrected chi connectivity index (χ4v) is 2.36. The van der Waals surface area contributed by atoms with Crippen LogP contribution in [0.4, 0.5) is 5.69 Å². The van der Waals surface area contributed by atoms with E-state index in [0.717, 1.165) is 26.1 Å². The second-order valence-electron chi connectivity index (χ2n) is 5.58. The van der Waals surface area contributed by atoms with E-state index in [1.54, 1.807) is 14.0 Å². The average Bonchev–Trinajstić information content (AvgIpc) is 2.62. The molecule has 1 aliphatic heterocycles. The van der Waals surface area contributed by atoms with Crippen molar-refractivity contribution in [2.45, 2.75) is 26.7 Å². The number of ether oxygens (including phenoxy) is 1. The van der Waals surface area contributed by atoms with Gasteiger partial charge in [0.25, 0.3) is 5.91 Å². The first-order valence-corrected chi connectivity index (χ1v) is 6.58. The minimum absolute atomic E-state index is 0.107. The van der Waals surface area contributed by atoms with Crippen molar-refractivity contribution in [1.29, 1.82) is 0 Å². The standard InChI is InChI=1S/C13H22N4O2/c1-9-10(14)11(17(3)16-9)12(18)15-8-13(2)4-6-19-7-5-13/h4-8,14H2,1-3H3,(H,15,18). The van der Waals surface area contributed by atoms with Crippen molar-refractivity contribution in [3.8, 4) is 0 Å². The SMILES string of the molecule is Cc1nn(C)c(C(=O)NCC2(C)CCOCC2)c1N. The highest BCUT2D eigenvalue weighted by Gasteiger charge is 2.28. The summed E-state index contributed by atoms with van der Waals surface area (Å²) in [6, 6.07) is 0. The molecule has 106 valence electrons. The average molecular weight is 266 g/mol. The Kier molecular flexibility index (Phi) is 3.80. The molecule has 1 aliphatic rings. The summed E-state index contributed by atoms with van der Waals surface area (Å²) in [6.07, 6.45) is 1.93. The molecule has 6 nitrogen and oxygen atoms in total. The van der Waals surface area contributed by atoms with Gasteiger partial charge in [-0.15, -0.1) is 0 Å². The first-order chi connectivity index (χ1) is 8.93. The van der Waals surface area contributed by atoms with Crippen LogP contribution in [0.1, 0.15) is 35.9 Å². The third-order valence-corrected chi connectivity index (χ3v) is 3.86. The monoisotopic (exact) mass is 266 g/mol. The van der Waals surface area contributed by atoms with Crippen LogP contribution in [0.3, 0.4) is 0 Å². The number of nitrogens with one attached hydrogen (secondary N) is 1. The van der Waals surface area contributed by atoms with Crippen LogP contribution in [0.15, 0.2) is 0 Å². The quantitative estimate of drug-likeness (QED) is 0.850. The number of anilines is 1. The van der Waals surface area contributed by atoms with Crippen molar-refractivity contribution < 1.29 is 9.53 Å². The number of aryl methyl sites for hydroxylation is 2. The highest BCUT2D eigenvalue weighted by molar-refractivity contribution is 5.97. The number of rotatable bonds is 3. The molecular weight excluding hydrogens is 244 g/mol. The van der Waals surface area contributed by atoms with E-state index in [4.69, 9.17) is 10.5 Å². The van der Waals surface area contributed by atoms with Crippen molar-refractivity contribution in [2.24, 2.45) is 12.5 Å². The zero-order chi connectivity index (χ0) is 14.0. The lowest BCUT2D eigenvalue weighted by atomic mass is 9.82. The largest absolute Gasteiger partial charge is 0.395 e. The van der Waals surface area contributed by atoms with Gasteiger partial charge in [-0.2, -0.15) is 5.10 Å². The number of carbonyl (C=O) groups is 1. The Morgan fingerprint density at radius 1 is 1.53 bits per heavy atom. The summed E-state index contributed by atoms with van der Waals surface area (Å²) in [5, 5.41) is 7.12. The molecule has 19 heavy (non-hydrogen) atoms. The zero-order valence-corrected chi connectivity index (χ0v) is 11.8. The summed E-state index contributed by atoms with van der Waals surface area (Å²) >= 11 is 0. The highest BCUT2D eigenvalue weighted by atomic mass is 16.5. The first-order valence-electron chi connectivity index (χ1n) is 6.58. The van der Waals surface area contributed by atoms with E-state index in [2.05, 4.69) is 17.3 Å². The van der Waals surface area contributed by atoms with E-state index >= 15 is 0 Å². The Hall–Kier alpha value is -1.56. The van der Waals surface area contributed by atoms with Crippen molar-refractivity contribution in [1.82, 2.24) is 15.1 Å². The van der Waals surface area contributed by atoms with E-state index < -0.39 is 0 Å². The fraction of sp³-hybridized carbons (Fsp3) is 0.692. The van der Waals surface area contributed by atoms with E-state index in [1.165, 1.54) is 4.68 Å². The van der Waals surface area contributed by atoms with Gasteiger partial charge in [0.1, 0.15) is 5.69 Å². The number of nitrogens with zero attached hydrogens (tertiary/aromatic N) is 2. The van der Waals surface area contributed by atoms with Crippen molar-refractivity contribution in [3.05, 3.63) is 11.4 Å². The van der Waals surface area contributed by atoms with E-state index in [9.17, 15) is 4.79 Å². The topological polar surface area (TPSA) is 82.2 Å². The van der Waals surface area contributed by atoms with Crippen LogP contribution < -0.4 is 11.1 Å². The first kappa shape index (κ1) is 13.9. The Bertz CT molecular complexity index is 475. The molecule has 1 saturated heterocycles. The van der Waals surface area contributed by atoms with Crippen LogP contribution in [0.5, 0.6) is 0 Å². The van der Waals surface area contributed by atoms with Gasteiger partial charge < -0.3 is 15.8 Å². The molecular formula is C13H22N4O2. The number of carbonyl (C=O) groups excluding carboxylic acids is 1. The van der Waals surface area contributed by atoms with Gasteiger partial charge in [0.2, 0.25) is 0 Å². The second kappa shape index (κ2) is 5.21. The summed E-state index contributed by atoms with van der Waals surface area (Å²) in [6.45, 7) is 6.14. The van der Waals surface area contributed by atoms with Gasteiger partial charge in [-0.05, 0) is 25.2 Å². The highest BCUT2D eigenvalue weighted by Crippen LogP contribution is 2.28. The Labute approximate surface area is 113 Å². The minimum atomic E-state index is -0.159. The maximum absolute atomic E-state index is 12.2. The summed E-state index contributed by atoms with van der Waals surface area (Å²) in [5.74, 6) is -0.159. The maximum Gasteiger partial charge on any atom is 0.271 e. The molecule has 0 aliphatic carbocycles. The molecule has 1 amide bonds. The van der Waals surface area contributed by atoms with Crippen LogP contribution in [-0.2, 0) is 11.8 Å². The number of amides is 1. The van der Waals surface area contributed by atoms with Gasteiger partial charge in [0, 0.05) is 26.8 Å². The lowest BCUT2D eigenvalue weighted by molar-refractivity contribution is 0.0238. The molecule has 2 heterocycles. The molecule has 0 atom stereocenters. The lowest BCUT2D eigenvalue weighted by Gasteiger charge is -2.33. The molecule has 0 aromatic carbocycles. The number of hydrogen-bond donors (Lipinski definition) is 2. The molecule has 0 spiro atoms. The summed E-state index contributed by atoms with van der Waals surface area (Å²) < 4.78 is 6.89. The van der Waals surface area contributed by atoms with Gasteiger partial charge >= 0.3 is 0 Å². The summed E-state index contributed by atoms with van der Waals surface area (Å²) in [7, 11) is 1.73. The molecule has 0 radical (unpaired) electrons. The number of aromatic nitrogens is 2. The van der Waals surface area contributed by atoms with Gasteiger partial charge in [0.05, 0.1) is 11.4 Å². The van der Waals surface area contributed by atoms with Gasteiger partial charge in [-0.25, -0.2) is 0 Å². The predicted molar refractivity (Wildman–Crippen MR) is 72.9 cm³/mol. The summed E-state index contributed by atoms with van der Waals surface area (Å²) in [5.41, 5.74) is 7.57. The fourth-order valence-electron chi connectivity index (χ4n) is 2.36. The van der Waals surface area contributed by atoms with Crippen LogP contribution in [0.2, 0.25) is 0 Å². The molecule has 1 fully saturated rings. The zero-order valence-electron chi connectivity index (χ0n) is 11.8. The molecule has 0 bridgehead atoms. The molecule has 0 saturated carbocycles. The van der Waals surface area contributed by atoms with Gasteiger partial charge in [0.15, 0.2) is 0 Å². The van der Waals surface area contributed by atoms with E-state index in [0.29, 0.717) is 23.6 Å². The van der Waals surface area contributed by atoms with Crippen LogP contribution >= 0.6 is 0 Å². The van der Waals surface area contributed by atoms with Crippen molar-refractivity contribution in [3.63, 3.8) is 0 Å². The smallest absolute Gasteiger partial charge is 0.271 e. The Balaban J connectivity index is 2.01. The third-order valence-electron chi connectivity index (χ3n) is 3.86. The Morgan fingerprint density at radius 2 is 2.16 bits per heavy atom. The van der Waals surface area contributed by atoms with Crippen LogP contribution in [-0.4, -0.2) is 35.4 Å². The predicted octanol–water partition coefficient (Wildman–Crippen LogP) is 0.857. The van der Waals surface area contributed by atoms with Crippen LogP contribution in [0.25, 0.3) is 0 Å². The number of hydrogen-bond acceptors (Lipinski definition) is 4. The molecule has 6 heteroatoms. The number of nitrogen functional groups attached to an aromatic ring is 1. The van der Waals surface area contributed by atoms with Crippen LogP contribution in [0, 0.1) is 12.3 Å². The van der Waals surface area contributed by atoms with Crippen molar-refractivity contribution in [2.75, 3.05) is 25.5 Å². The number of nitrogens with two attached hydrogens (primary N) is 1. The third kappa shape index (κ3) is 2.89. The molecule has 1 aromatic heterocycles. The van der Waals surface area contributed by atoms with E-state index in [1.807, 2.05) is 0 Å². The summed E-state index contributed by atoms with van der Waals surface area (Å²) in [4.78, 5) is 12.2. The Morgan fingerprint density at radius 3 is 2.68 bits per heavy atom. The lowest BCUT2D eigenvalue weighted by Crippen LogP contribution is -2.40. The molecule has 3 N–H and O–H groups in total. The minimum Gasteiger partial charge on any atom is -0.395 e. The van der Waals surface area contributed by atoms with E-state index in [-0.39, 0.29) is 11.3 Å². The normalized spacial score (nSPS) is 18.3. The van der Waals surface area contributed by atoms with Gasteiger partial charge in [-0.1, -0.05) is 6.92 Å². The molecule has 0 unspecified atom stereocenters. The van der Waals surface area contributed by atoms with Crippen molar-refractivity contribution >= 4 is 11.6 Å². The second-order valence-corrected chi connectivity index (χ2v) is 5.58. The maximum atomic E-state index is 12.2. The van der Waals surface area contributed by atoms with Gasteiger partial charge in [-0.3, -0.25) is 9.48 Å². The molecule has 1 aromatic rings.